The average molecular weight is 467 g/mol. The van der Waals surface area contributed by atoms with Crippen LogP contribution < -0.4 is 10.1 Å². The Morgan fingerprint density at radius 1 is 1.00 bits per heavy atom. The van der Waals surface area contributed by atoms with E-state index in [1.807, 2.05) is 42.1 Å². The van der Waals surface area contributed by atoms with Crippen LogP contribution in [-0.4, -0.2) is 28.7 Å². The number of anilines is 1. The number of nitrogens with zero attached hydrogens (tertiary/aromatic N) is 1. The van der Waals surface area contributed by atoms with Gasteiger partial charge in [0.25, 0.3) is 5.91 Å². The Balaban J connectivity index is 1.64. The molecule has 0 fully saturated rings. The van der Waals surface area contributed by atoms with Gasteiger partial charge in [0.05, 0.1) is 17.6 Å². The van der Waals surface area contributed by atoms with E-state index in [1.165, 1.54) is 23.9 Å². The van der Waals surface area contributed by atoms with E-state index in [0.29, 0.717) is 16.3 Å². The zero-order valence-corrected chi connectivity index (χ0v) is 18.8. The fraction of sp³-hybridized carbons (Fsp3) is 0.0833. The molecule has 1 amide bonds. The molecule has 162 valence electrons. The fourth-order valence-corrected chi connectivity index (χ4v) is 4.72. The number of fused-ring (bicyclic) bond motifs is 1. The Kier molecular flexibility index (Phi) is 6.12. The molecule has 4 rings (SSSR count). The van der Waals surface area contributed by atoms with Crippen molar-refractivity contribution in [3.8, 4) is 5.75 Å². The van der Waals surface area contributed by atoms with Gasteiger partial charge in [0, 0.05) is 45.3 Å². The van der Waals surface area contributed by atoms with Crippen LogP contribution >= 0.6 is 23.4 Å². The average Bonchev–Trinajstić information content (AvgIpc) is 3.09. The van der Waals surface area contributed by atoms with Crippen LogP contribution in [0.4, 0.5) is 5.69 Å². The number of amides is 1. The summed E-state index contributed by atoms with van der Waals surface area (Å²) < 4.78 is 7.46. The maximum atomic E-state index is 12.8. The number of aromatic carboxylic acids is 1. The SMILES string of the molecule is COc1ccc(Cl)cc1Sc1cn(C)c2ccc(C(=O)Nc3ccc(C(=O)O)cc3)cc12. The molecule has 1 aromatic heterocycles. The first-order valence-corrected chi connectivity index (χ1v) is 10.8. The van der Waals surface area contributed by atoms with Crippen LogP contribution in [0, 0.1) is 0 Å². The summed E-state index contributed by atoms with van der Waals surface area (Å²) in [6.07, 6.45) is 2.00. The molecule has 0 aliphatic rings. The molecule has 0 aliphatic carbocycles. The number of carboxylic acid groups (broad SMARTS) is 1. The highest BCUT2D eigenvalue weighted by Gasteiger charge is 2.15. The topological polar surface area (TPSA) is 80.6 Å². The number of methoxy groups -OCH3 is 1. The number of aromatic nitrogens is 1. The van der Waals surface area contributed by atoms with Gasteiger partial charge in [0.1, 0.15) is 5.75 Å². The molecule has 0 spiro atoms. The summed E-state index contributed by atoms with van der Waals surface area (Å²) >= 11 is 7.69. The van der Waals surface area contributed by atoms with Gasteiger partial charge in [-0.05, 0) is 60.7 Å². The van der Waals surface area contributed by atoms with E-state index in [-0.39, 0.29) is 11.5 Å². The summed E-state index contributed by atoms with van der Waals surface area (Å²) in [7, 11) is 3.56. The Hall–Kier alpha value is -3.42. The standard InChI is InChI=1S/C24H19ClN2O4S/c1-27-13-22(32-21-12-16(25)6-10-20(21)31-2)18-11-15(5-9-19(18)27)23(28)26-17-7-3-14(4-8-17)24(29)30/h3-13H,1-2H3,(H,26,28)(H,29,30). The minimum atomic E-state index is -1.02. The number of carboxylic acids is 1. The smallest absolute Gasteiger partial charge is 0.335 e. The van der Waals surface area contributed by atoms with Crippen molar-refractivity contribution in [2.45, 2.75) is 9.79 Å². The van der Waals surface area contributed by atoms with Gasteiger partial charge in [-0.2, -0.15) is 0 Å². The van der Waals surface area contributed by atoms with Crippen molar-refractivity contribution in [1.82, 2.24) is 4.57 Å². The number of halogens is 1. The van der Waals surface area contributed by atoms with Gasteiger partial charge in [-0.15, -0.1) is 0 Å². The lowest BCUT2D eigenvalue weighted by Gasteiger charge is -2.09. The van der Waals surface area contributed by atoms with Crippen molar-refractivity contribution in [3.63, 3.8) is 0 Å². The number of benzene rings is 3. The van der Waals surface area contributed by atoms with Crippen molar-refractivity contribution in [1.29, 1.82) is 0 Å². The molecular formula is C24H19ClN2O4S. The molecule has 0 aliphatic heterocycles. The maximum absolute atomic E-state index is 12.8. The van der Waals surface area contributed by atoms with Crippen LogP contribution in [0.5, 0.6) is 5.75 Å². The number of nitrogens with one attached hydrogen (secondary N) is 1. The molecule has 8 heteroatoms. The lowest BCUT2D eigenvalue weighted by Crippen LogP contribution is -2.12. The number of ether oxygens (including phenoxy) is 1. The van der Waals surface area contributed by atoms with Crippen molar-refractivity contribution in [2.24, 2.45) is 7.05 Å². The molecule has 32 heavy (non-hydrogen) atoms. The minimum Gasteiger partial charge on any atom is -0.496 e. The predicted molar refractivity (Wildman–Crippen MR) is 126 cm³/mol. The van der Waals surface area contributed by atoms with Gasteiger partial charge in [-0.3, -0.25) is 4.79 Å². The second kappa shape index (κ2) is 8.98. The first-order valence-electron chi connectivity index (χ1n) is 9.61. The summed E-state index contributed by atoms with van der Waals surface area (Å²) in [5, 5.41) is 13.4. The summed E-state index contributed by atoms with van der Waals surface area (Å²) in [5.74, 6) is -0.580. The highest BCUT2D eigenvalue weighted by atomic mass is 35.5. The van der Waals surface area contributed by atoms with E-state index in [0.717, 1.165) is 26.4 Å². The van der Waals surface area contributed by atoms with Crippen molar-refractivity contribution in [2.75, 3.05) is 12.4 Å². The molecular weight excluding hydrogens is 448 g/mol. The van der Waals surface area contributed by atoms with E-state index < -0.39 is 5.97 Å². The number of hydrogen-bond acceptors (Lipinski definition) is 4. The lowest BCUT2D eigenvalue weighted by atomic mass is 10.1. The van der Waals surface area contributed by atoms with Gasteiger partial charge in [-0.1, -0.05) is 23.4 Å². The molecule has 0 radical (unpaired) electrons. The Labute approximate surface area is 193 Å². The number of hydrogen-bond donors (Lipinski definition) is 2. The predicted octanol–water partition coefficient (Wildman–Crippen LogP) is 5.94. The molecule has 4 aromatic rings. The zero-order valence-electron chi connectivity index (χ0n) is 17.3. The normalized spacial score (nSPS) is 10.8. The second-order valence-electron chi connectivity index (χ2n) is 7.07. The van der Waals surface area contributed by atoms with E-state index in [9.17, 15) is 9.59 Å². The third kappa shape index (κ3) is 4.44. The largest absolute Gasteiger partial charge is 0.496 e. The van der Waals surface area contributed by atoms with Gasteiger partial charge in [-0.25, -0.2) is 4.79 Å². The van der Waals surface area contributed by atoms with Crippen molar-refractivity contribution >= 4 is 51.8 Å². The van der Waals surface area contributed by atoms with E-state index in [1.54, 1.807) is 31.4 Å². The quantitative estimate of drug-likeness (QED) is 0.367. The van der Waals surface area contributed by atoms with Crippen LogP contribution in [-0.2, 0) is 7.05 Å². The van der Waals surface area contributed by atoms with Crippen LogP contribution in [0.3, 0.4) is 0 Å². The third-order valence-electron chi connectivity index (χ3n) is 4.95. The molecule has 0 saturated heterocycles. The van der Waals surface area contributed by atoms with E-state index in [2.05, 4.69) is 5.32 Å². The first-order chi connectivity index (χ1) is 15.4. The highest BCUT2D eigenvalue weighted by molar-refractivity contribution is 7.99. The Morgan fingerprint density at radius 3 is 2.41 bits per heavy atom. The molecule has 3 aromatic carbocycles. The maximum Gasteiger partial charge on any atom is 0.335 e. The van der Waals surface area contributed by atoms with Gasteiger partial charge >= 0.3 is 5.97 Å². The fourth-order valence-electron chi connectivity index (χ4n) is 3.33. The monoisotopic (exact) mass is 466 g/mol. The number of rotatable bonds is 6. The summed E-state index contributed by atoms with van der Waals surface area (Å²) in [5.41, 5.74) is 2.15. The van der Waals surface area contributed by atoms with Crippen molar-refractivity contribution < 1.29 is 19.4 Å². The summed E-state index contributed by atoms with van der Waals surface area (Å²) in [4.78, 5) is 25.7. The number of carbonyl (C=O) groups is 2. The van der Waals surface area contributed by atoms with Gasteiger partial charge in [0.15, 0.2) is 0 Å². The Morgan fingerprint density at radius 2 is 1.72 bits per heavy atom. The molecule has 6 nitrogen and oxygen atoms in total. The molecule has 1 heterocycles. The molecule has 0 saturated carbocycles. The zero-order chi connectivity index (χ0) is 22.8. The van der Waals surface area contributed by atoms with Gasteiger partial charge in [0.2, 0.25) is 0 Å². The lowest BCUT2D eigenvalue weighted by molar-refractivity contribution is 0.0696. The molecule has 0 unspecified atom stereocenters. The summed E-state index contributed by atoms with van der Waals surface area (Å²) in [6.45, 7) is 0. The highest BCUT2D eigenvalue weighted by Crippen LogP contribution is 2.40. The second-order valence-corrected chi connectivity index (χ2v) is 8.59. The minimum absolute atomic E-state index is 0.159. The number of carbonyl (C=O) groups excluding carboxylic acids is 1. The number of aryl methyl sites for hydroxylation is 1. The summed E-state index contributed by atoms with van der Waals surface area (Å²) in [6, 6.07) is 17.0. The van der Waals surface area contributed by atoms with Crippen LogP contribution in [0.1, 0.15) is 20.7 Å². The molecule has 0 bridgehead atoms. The molecule has 0 atom stereocenters. The van der Waals surface area contributed by atoms with Gasteiger partial charge < -0.3 is 19.7 Å². The van der Waals surface area contributed by atoms with E-state index in [4.69, 9.17) is 21.4 Å². The van der Waals surface area contributed by atoms with Crippen LogP contribution in [0.2, 0.25) is 5.02 Å². The molecule has 2 N–H and O–H groups in total. The van der Waals surface area contributed by atoms with Crippen molar-refractivity contribution in [3.05, 3.63) is 83.0 Å². The van der Waals surface area contributed by atoms with Crippen LogP contribution in [0.25, 0.3) is 10.9 Å². The van der Waals surface area contributed by atoms with E-state index >= 15 is 0 Å². The Bertz CT molecular complexity index is 1330. The third-order valence-corrected chi connectivity index (χ3v) is 6.27. The first kappa shape index (κ1) is 21.8. The van der Waals surface area contributed by atoms with Crippen LogP contribution in [0.15, 0.2) is 76.7 Å².